The van der Waals surface area contributed by atoms with Crippen LogP contribution in [0.3, 0.4) is 0 Å². The number of benzene rings is 1. The highest BCUT2D eigenvalue weighted by atomic mass is 16.5. The van der Waals surface area contributed by atoms with Gasteiger partial charge >= 0.3 is 5.97 Å². The second-order valence-corrected chi connectivity index (χ2v) is 3.55. The van der Waals surface area contributed by atoms with Gasteiger partial charge in [-0.25, -0.2) is 4.79 Å². The predicted octanol–water partition coefficient (Wildman–Crippen LogP) is 2.01. The van der Waals surface area contributed by atoms with Gasteiger partial charge in [0.1, 0.15) is 0 Å². The highest BCUT2D eigenvalue weighted by molar-refractivity contribution is 5.86. The van der Waals surface area contributed by atoms with Gasteiger partial charge in [-0.15, -0.1) is 0 Å². The summed E-state index contributed by atoms with van der Waals surface area (Å²) in [6, 6.07) is 9.52. The van der Waals surface area contributed by atoms with Crippen molar-refractivity contribution in [2.75, 3.05) is 6.61 Å². The molecule has 3 heteroatoms. The van der Waals surface area contributed by atoms with E-state index >= 15 is 0 Å². The van der Waals surface area contributed by atoms with Crippen molar-refractivity contribution in [3.8, 4) is 0 Å². The molecule has 0 aliphatic carbocycles. The zero-order valence-electron chi connectivity index (χ0n) is 9.30. The fourth-order valence-corrected chi connectivity index (χ4v) is 1.11. The normalized spacial score (nSPS) is 12.6. The first-order valence-corrected chi connectivity index (χ1v) is 5.26. The fourth-order valence-electron chi connectivity index (χ4n) is 1.11. The Morgan fingerprint density at radius 1 is 1.44 bits per heavy atom. The summed E-state index contributed by atoms with van der Waals surface area (Å²) in [5.41, 5.74) is 0.954. The first-order valence-electron chi connectivity index (χ1n) is 5.26. The molecule has 0 bridgehead atoms. The lowest BCUT2D eigenvalue weighted by Gasteiger charge is -2.03. The van der Waals surface area contributed by atoms with E-state index in [0.29, 0.717) is 6.42 Å². The van der Waals surface area contributed by atoms with Gasteiger partial charge in [-0.2, -0.15) is 0 Å². The van der Waals surface area contributed by atoms with Gasteiger partial charge in [0.05, 0.1) is 12.7 Å². The maximum atomic E-state index is 11.2. The van der Waals surface area contributed by atoms with Crippen molar-refractivity contribution in [2.45, 2.75) is 19.4 Å². The van der Waals surface area contributed by atoms with Gasteiger partial charge in [-0.05, 0) is 18.6 Å². The lowest BCUT2D eigenvalue weighted by atomic mass is 10.2. The number of rotatable bonds is 5. The molecule has 0 saturated heterocycles. The van der Waals surface area contributed by atoms with Gasteiger partial charge in [0.2, 0.25) is 0 Å². The van der Waals surface area contributed by atoms with Crippen LogP contribution in [0.15, 0.2) is 36.4 Å². The summed E-state index contributed by atoms with van der Waals surface area (Å²) >= 11 is 0. The third-order valence-electron chi connectivity index (χ3n) is 1.99. The number of carbonyl (C=O) groups excluding carboxylic acids is 1. The van der Waals surface area contributed by atoms with Crippen molar-refractivity contribution in [3.05, 3.63) is 42.0 Å². The number of carbonyl (C=O) groups is 1. The Morgan fingerprint density at radius 3 is 2.75 bits per heavy atom. The zero-order chi connectivity index (χ0) is 11.8. The molecule has 0 fully saturated rings. The standard InChI is InChI=1S/C13H16O3/c1-11(14)9-10-16-13(15)8-7-12-5-3-2-4-6-12/h2-8,11,14H,9-10H2,1H3/b8-7+. The zero-order valence-corrected chi connectivity index (χ0v) is 9.30. The lowest BCUT2D eigenvalue weighted by Crippen LogP contribution is -2.08. The van der Waals surface area contributed by atoms with E-state index in [9.17, 15) is 4.79 Å². The number of aliphatic hydroxyl groups excluding tert-OH is 1. The van der Waals surface area contributed by atoms with Crippen LogP contribution in [0.25, 0.3) is 6.08 Å². The first-order chi connectivity index (χ1) is 7.68. The number of esters is 1. The van der Waals surface area contributed by atoms with Gasteiger partial charge in [0.15, 0.2) is 0 Å². The third-order valence-corrected chi connectivity index (χ3v) is 1.99. The van der Waals surface area contributed by atoms with Crippen LogP contribution in [0.5, 0.6) is 0 Å². The third kappa shape index (κ3) is 5.32. The maximum absolute atomic E-state index is 11.2. The highest BCUT2D eigenvalue weighted by Crippen LogP contribution is 2.01. The van der Waals surface area contributed by atoms with Gasteiger partial charge in [-0.1, -0.05) is 30.3 Å². The first kappa shape index (κ1) is 12.5. The van der Waals surface area contributed by atoms with Crippen LogP contribution < -0.4 is 0 Å². The van der Waals surface area contributed by atoms with Crippen LogP contribution >= 0.6 is 0 Å². The van der Waals surface area contributed by atoms with Crippen LogP contribution in [0, 0.1) is 0 Å². The molecule has 1 N–H and O–H groups in total. The molecule has 1 atom stereocenters. The molecule has 1 aromatic carbocycles. The minimum atomic E-state index is -0.439. The molecule has 0 aliphatic rings. The predicted molar refractivity (Wildman–Crippen MR) is 62.7 cm³/mol. The van der Waals surface area contributed by atoms with Crippen LogP contribution in [0.2, 0.25) is 0 Å². The van der Waals surface area contributed by atoms with E-state index in [1.54, 1.807) is 13.0 Å². The smallest absolute Gasteiger partial charge is 0.330 e. The average molecular weight is 220 g/mol. The molecule has 0 amide bonds. The Balaban J connectivity index is 2.32. The van der Waals surface area contributed by atoms with Crippen molar-refractivity contribution in [2.24, 2.45) is 0 Å². The number of hydrogen-bond donors (Lipinski definition) is 1. The van der Waals surface area contributed by atoms with Gasteiger partial charge in [0, 0.05) is 12.5 Å². The van der Waals surface area contributed by atoms with Crippen LogP contribution in [-0.4, -0.2) is 23.8 Å². The summed E-state index contributed by atoms with van der Waals surface area (Å²) in [6.45, 7) is 1.91. The van der Waals surface area contributed by atoms with Crippen molar-refractivity contribution in [1.29, 1.82) is 0 Å². The lowest BCUT2D eigenvalue weighted by molar-refractivity contribution is -0.138. The van der Waals surface area contributed by atoms with Crippen molar-refractivity contribution in [3.63, 3.8) is 0 Å². The van der Waals surface area contributed by atoms with Gasteiger partial charge < -0.3 is 9.84 Å². The molecule has 0 radical (unpaired) electrons. The monoisotopic (exact) mass is 220 g/mol. The van der Waals surface area contributed by atoms with Crippen LogP contribution in [0.1, 0.15) is 18.9 Å². The average Bonchev–Trinajstić information content (AvgIpc) is 2.27. The van der Waals surface area contributed by atoms with E-state index in [4.69, 9.17) is 9.84 Å². The molecular weight excluding hydrogens is 204 g/mol. The summed E-state index contributed by atoms with van der Waals surface area (Å²) in [7, 11) is 0. The second-order valence-electron chi connectivity index (χ2n) is 3.55. The largest absolute Gasteiger partial charge is 0.462 e. The maximum Gasteiger partial charge on any atom is 0.330 e. The Hall–Kier alpha value is -1.61. The topological polar surface area (TPSA) is 46.5 Å². The SMILES string of the molecule is CC(O)CCOC(=O)/C=C/c1ccccc1. The van der Waals surface area contributed by atoms with E-state index in [2.05, 4.69) is 0 Å². The minimum absolute atomic E-state index is 0.246. The molecule has 0 saturated carbocycles. The quantitative estimate of drug-likeness (QED) is 0.610. The molecule has 86 valence electrons. The summed E-state index contributed by atoms with van der Waals surface area (Å²) in [4.78, 5) is 11.2. The van der Waals surface area contributed by atoms with Crippen LogP contribution in [0.4, 0.5) is 0 Å². The Bertz CT molecular complexity index is 341. The second kappa shape index (κ2) is 6.80. The van der Waals surface area contributed by atoms with Gasteiger partial charge in [-0.3, -0.25) is 0 Å². The summed E-state index contributed by atoms with van der Waals surface area (Å²) < 4.78 is 4.89. The number of hydrogen-bond acceptors (Lipinski definition) is 3. The molecule has 0 spiro atoms. The Labute approximate surface area is 95.4 Å². The fraction of sp³-hybridized carbons (Fsp3) is 0.308. The van der Waals surface area contributed by atoms with E-state index in [-0.39, 0.29) is 12.6 Å². The summed E-state index contributed by atoms with van der Waals surface area (Å²) in [5, 5.41) is 8.96. The van der Waals surface area contributed by atoms with E-state index in [1.165, 1.54) is 6.08 Å². The molecule has 1 rings (SSSR count). The van der Waals surface area contributed by atoms with E-state index < -0.39 is 6.10 Å². The van der Waals surface area contributed by atoms with E-state index in [0.717, 1.165) is 5.56 Å². The number of ether oxygens (including phenoxy) is 1. The molecule has 0 heterocycles. The Kier molecular flexibility index (Phi) is 5.29. The summed E-state index contributed by atoms with van der Waals surface area (Å²) in [5.74, 6) is -0.385. The van der Waals surface area contributed by atoms with Crippen molar-refractivity contribution in [1.82, 2.24) is 0 Å². The molecular formula is C13H16O3. The molecule has 1 aromatic rings. The molecule has 1 unspecified atom stereocenters. The minimum Gasteiger partial charge on any atom is -0.462 e. The van der Waals surface area contributed by atoms with Gasteiger partial charge in [0.25, 0.3) is 0 Å². The van der Waals surface area contributed by atoms with Crippen molar-refractivity contribution < 1.29 is 14.6 Å². The molecule has 0 aliphatic heterocycles. The molecule has 3 nitrogen and oxygen atoms in total. The van der Waals surface area contributed by atoms with E-state index in [1.807, 2.05) is 30.3 Å². The Morgan fingerprint density at radius 2 is 2.12 bits per heavy atom. The molecule has 16 heavy (non-hydrogen) atoms. The van der Waals surface area contributed by atoms with Crippen molar-refractivity contribution >= 4 is 12.0 Å². The summed E-state index contributed by atoms with van der Waals surface area (Å²) in [6.07, 6.45) is 3.11. The number of aliphatic hydroxyl groups is 1. The van der Waals surface area contributed by atoms with Crippen LogP contribution in [-0.2, 0) is 9.53 Å². The molecule has 0 aromatic heterocycles. The highest BCUT2D eigenvalue weighted by Gasteiger charge is 1.99.